The quantitative estimate of drug-likeness (QED) is 0.676. The zero-order chi connectivity index (χ0) is 18.1. The van der Waals surface area contributed by atoms with E-state index in [4.69, 9.17) is 13.9 Å². The number of ether oxygens (including phenoxy) is 2. The number of methoxy groups -OCH3 is 1. The topological polar surface area (TPSA) is 55.1 Å². The van der Waals surface area contributed by atoms with Gasteiger partial charge in [0.15, 0.2) is 0 Å². The van der Waals surface area contributed by atoms with Crippen LogP contribution < -0.4 is 4.74 Å². The Morgan fingerprint density at radius 3 is 2.48 bits per heavy atom. The van der Waals surface area contributed by atoms with Crippen LogP contribution in [0.3, 0.4) is 0 Å². The zero-order valence-electron chi connectivity index (χ0n) is 15.4. The second-order valence-corrected chi connectivity index (χ2v) is 6.68. The predicted molar refractivity (Wildman–Crippen MR) is 97.5 cm³/mol. The Balaban J connectivity index is 1.82. The van der Waals surface area contributed by atoms with Gasteiger partial charge in [-0.05, 0) is 35.7 Å². The average molecular weight is 347 g/mol. The molecule has 0 bridgehead atoms. The van der Waals surface area contributed by atoms with Crippen molar-refractivity contribution in [3.63, 3.8) is 0 Å². The largest absolute Gasteiger partial charge is 0.497 e. The van der Waals surface area contributed by atoms with E-state index in [-0.39, 0.29) is 6.61 Å². The van der Waals surface area contributed by atoms with E-state index in [1.165, 1.54) is 5.56 Å². The molecule has 2 rings (SSSR count). The first-order valence-electron chi connectivity index (χ1n) is 8.70. The molecule has 0 radical (unpaired) electrons. The van der Waals surface area contributed by atoms with Crippen LogP contribution in [0.1, 0.15) is 25.2 Å². The molecule has 0 aliphatic heterocycles. The zero-order valence-corrected chi connectivity index (χ0v) is 15.4. The van der Waals surface area contributed by atoms with Crippen molar-refractivity contribution in [3.8, 4) is 5.75 Å². The van der Waals surface area contributed by atoms with Crippen LogP contribution in [0.15, 0.2) is 47.1 Å². The van der Waals surface area contributed by atoms with E-state index in [0.717, 1.165) is 24.6 Å². The van der Waals surface area contributed by atoms with Crippen LogP contribution >= 0.6 is 0 Å². The fraction of sp³-hybridized carbons (Fsp3) is 0.500. The molecular weight excluding hydrogens is 318 g/mol. The lowest BCUT2D eigenvalue weighted by Gasteiger charge is -2.26. The highest BCUT2D eigenvalue weighted by Crippen LogP contribution is 2.14. The molecule has 1 aromatic heterocycles. The number of aliphatic hydroxyl groups is 1. The summed E-state index contributed by atoms with van der Waals surface area (Å²) in [4.78, 5) is 2.26. The van der Waals surface area contributed by atoms with Crippen molar-refractivity contribution in [1.82, 2.24) is 4.90 Å². The molecule has 1 aromatic carbocycles. The Bertz CT molecular complexity index is 580. The number of hydrogen-bond acceptors (Lipinski definition) is 5. The van der Waals surface area contributed by atoms with Crippen molar-refractivity contribution in [1.29, 1.82) is 0 Å². The van der Waals surface area contributed by atoms with Gasteiger partial charge in [-0.3, -0.25) is 4.90 Å². The minimum atomic E-state index is -0.535. The molecule has 138 valence electrons. The Morgan fingerprint density at radius 1 is 1.12 bits per heavy atom. The fourth-order valence-electron chi connectivity index (χ4n) is 2.75. The molecule has 0 saturated carbocycles. The van der Waals surface area contributed by atoms with Crippen LogP contribution in [-0.2, 0) is 17.9 Å². The van der Waals surface area contributed by atoms with Crippen molar-refractivity contribution in [2.24, 2.45) is 5.92 Å². The van der Waals surface area contributed by atoms with Crippen LogP contribution in [0.25, 0.3) is 0 Å². The van der Waals surface area contributed by atoms with Gasteiger partial charge in [-0.15, -0.1) is 0 Å². The lowest BCUT2D eigenvalue weighted by molar-refractivity contribution is 0.00224. The molecule has 5 heteroatoms. The third-order valence-corrected chi connectivity index (χ3v) is 3.79. The fourth-order valence-corrected chi connectivity index (χ4v) is 2.75. The Labute approximate surface area is 150 Å². The van der Waals surface area contributed by atoms with Gasteiger partial charge < -0.3 is 19.0 Å². The summed E-state index contributed by atoms with van der Waals surface area (Å²) in [7, 11) is 1.67. The highest BCUT2D eigenvalue weighted by atomic mass is 16.5. The van der Waals surface area contributed by atoms with Gasteiger partial charge in [0.05, 0.1) is 26.1 Å². The Morgan fingerprint density at radius 2 is 1.88 bits per heavy atom. The second-order valence-electron chi connectivity index (χ2n) is 6.68. The average Bonchev–Trinajstić information content (AvgIpc) is 3.08. The number of nitrogens with zero attached hydrogens (tertiary/aromatic N) is 1. The molecule has 1 N–H and O–H groups in total. The number of hydrogen-bond donors (Lipinski definition) is 1. The molecule has 0 aliphatic rings. The monoisotopic (exact) mass is 347 g/mol. The maximum atomic E-state index is 10.3. The third-order valence-electron chi connectivity index (χ3n) is 3.79. The van der Waals surface area contributed by atoms with Gasteiger partial charge in [0.25, 0.3) is 0 Å². The molecule has 25 heavy (non-hydrogen) atoms. The number of aliphatic hydroxyl groups excluding tert-OH is 1. The summed E-state index contributed by atoms with van der Waals surface area (Å²) in [6, 6.07) is 11.7. The van der Waals surface area contributed by atoms with Gasteiger partial charge in [0, 0.05) is 19.6 Å². The number of benzene rings is 1. The predicted octanol–water partition coefficient (Wildman–Crippen LogP) is 3.32. The standard InChI is InChI=1S/C20H29NO4/c1-16(2)11-21(12-17-6-8-19(23-3)9-7-17)13-18(22)14-24-15-20-5-4-10-25-20/h4-10,16,18,22H,11-15H2,1-3H3/t18-/m1/s1. The summed E-state index contributed by atoms with van der Waals surface area (Å²) in [6.07, 6.45) is 1.08. The van der Waals surface area contributed by atoms with Crippen LogP contribution in [0.5, 0.6) is 5.75 Å². The van der Waals surface area contributed by atoms with Crippen LogP contribution in [-0.4, -0.2) is 42.9 Å². The molecule has 0 amide bonds. The SMILES string of the molecule is COc1ccc(CN(CC(C)C)C[C@@H](O)COCc2ccco2)cc1. The van der Waals surface area contributed by atoms with Gasteiger partial charge in [-0.25, -0.2) is 0 Å². The lowest BCUT2D eigenvalue weighted by Crippen LogP contribution is -2.36. The van der Waals surface area contributed by atoms with Crippen molar-refractivity contribution < 1.29 is 19.0 Å². The molecule has 0 saturated heterocycles. The van der Waals surface area contributed by atoms with E-state index in [9.17, 15) is 5.11 Å². The lowest BCUT2D eigenvalue weighted by atomic mass is 10.1. The van der Waals surface area contributed by atoms with Crippen molar-refractivity contribution >= 4 is 0 Å². The van der Waals surface area contributed by atoms with Crippen molar-refractivity contribution in [3.05, 3.63) is 54.0 Å². The first-order chi connectivity index (χ1) is 12.1. The van der Waals surface area contributed by atoms with Gasteiger partial charge in [-0.1, -0.05) is 26.0 Å². The maximum absolute atomic E-state index is 10.3. The summed E-state index contributed by atoms with van der Waals surface area (Å²) in [6.45, 7) is 7.31. The molecule has 0 aliphatic carbocycles. The van der Waals surface area contributed by atoms with Crippen molar-refractivity contribution in [2.45, 2.75) is 33.1 Å². The van der Waals surface area contributed by atoms with Gasteiger partial charge in [-0.2, -0.15) is 0 Å². The molecule has 5 nitrogen and oxygen atoms in total. The second kappa shape index (κ2) is 10.2. The van der Waals surface area contributed by atoms with E-state index in [1.54, 1.807) is 13.4 Å². The van der Waals surface area contributed by atoms with Gasteiger partial charge >= 0.3 is 0 Å². The van der Waals surface area contributed by atoms with Crippen LogP contribution in [0, 0.1) is 5.92 Å². The summed E-state index contributed by atoms with van der Waals surface area (Å²) in [5.41, 5.74) is 1.20. The number of rotatable bonds is 11. The maximum Gasteiger partial charge on any atom is 0.129 e. The first kappa shape index (κ1) is 19.5. The summed E-state index contributed by atoms with van der Waals surface area (Å²) < 4.78 is 16.0. The first-order valence-corrected chi connectivity index (χ1v) is 8.70. The Hall–Kier alpha value is -1.82. The van der Waals surface area contributed by atoms with E-state index >= 15 is 0 Å². The highest BCUT2D eigenvalue weighted by molar-refractivity contribution is 5.27. The van der Waals surface area contributed by atoms with Gasteiger partial charge in [0.1, 0.15) is 18.1 Å². The smallest absolute Gasteiger partial charge is 0.129 e. The summed E-state index contributed by atoms with van der Waals surface area (Å²) in [5, 5.41) is 10.3. The molecule has 1 atom stereocenters. The van der Waals surface area contributed by atoms with Crippen LogP contribution in [0.2, 0.25) is 0 Å². The van der Waals surface area contributed by atoms with E-state index in [0.29, 0.717) is 19.1 Å². The molecule has 0 unspecified atom stereocenters. The summed E-state index contributed by atoms with van der Waals surface area (Å²) >= 11 is 0. The molecule has 0 fully saturated rings. The van der Waals surface area contributed by atoms with Crippen LogP contribution in [0.4, 0.5) is 0 Å². The molecule has 2 aromatic rings. The molecular formula is C20H29NO4. The van der Waals surface area contributed by atoms with E-state index in [2.05, 4.69) is 30.9 Å². The van der Waals surface area contributed by atoms with E-state index < -0.39 is 6.10 Å². The minimum absolute atomic E-state index is 0.290. The highest BCUT2D eigenvalue weighted by Gasteiger charge is 2.14. The summed E-state index contributed by atoms with van der Waals surface area (Å²) in [5.74, 6) is 2.14. The van der Waals surface area contributed by atoms with E-state index in [1.807, 2.05) is 24.3 Å². The van der Waals surface area contributed by atoms with Crippen molar-refractivity contribution in [2.75, 3.05) is 26.8 Å². The third kappa shape index (κ3) is 7.30. The Kier molecular flexibility index (Phi) is 7.98. The molecule has 1 heterocycles. The number of furan rings is 1. The normalized spacial score (nSPS) is 12.7. The van der Waals surface area contributed by atoms with Gasteiger partial charge in [0.2, 0.25) is 0 Å². The minimum Gasteiger partial charge on any atom is -0.497 e. The molecule has 0 spiro atoms.